The quantitative estimate of drug-likeness (QED) is 0.348. The molecule has 0 saturated heterocycles. The standard InChI is InChI=1S/C19H16O2/c1-3-17-11-7-8-12-18(17)21-19(20)15(2)13-14-16-9-5-4-6-10-16/h3-14H,1-2H2. The zero-order chi connectivity index (χ0) is 15.1. The fourth-order valence-electron chi connectivity index (χ4n) is 1.74. The number of carbonyl (C=O) groups is 1. The SMILES string of the molecule is C=Cc1ccccc1OC(=O)C(=C)C=Cc1ccccc1. The second-order valence-corrected chi connectivity index (χ2v) is 4.40. The van der Waals surface area contributed by atoms with Crippen LogP contribution in [0, 0.1) is 0 Å². The van der Waals surface area contributed by atoms with Gasteiger partial charge in [-0.2, -0.15) is 0 Å². The minimum absolute atomic E-state index is 0.290. The summed E-state index contributed by atoms with van der Waals surface area (Å²) in [4.78, 5) is 12.0. The van der Waals surface area contributed by atoms with Gasteiger partial charge in [0, 0.05) is 5.56 Å². The molecule has 0 spiro atoms. The molecule has 0 heterocycles. The average Bonchev–Trinajstić information content (AvgIpc) is 2.54. The van der Waals surface area contributed by atoms with Crippen molar-refractivity contribution >= 4 is 18.1 Å². The largest absolute Gasteiger partial charge is 0.422 e. The second kappa shape index (κ2) is 7.06. The van der Waals surface area contributed by atoms with Crippen LogP contribution in [0.5, 0.6) is 5.75 Å². The number of esters is 1. The molecule has 2 heteroatoms. The van der Waals surface area contributed by atoms with Crippen molar-refractivity contribution in [1.82, 2.24) is 0 Å². The minimum atomic E-state index is -0.475. The van der Waals surface area contributed by atoms with Crippen LogP contribution in [-0.4, -0.2) is 5.97 Å². The van der Waals surface area contributed by atoms with E-state index in [1.807, 2.05) is 48.5 Å². The molecule has 0 fully saturated rings. The molecule has 2 nitrogen and oxygen atoms in total. The van der Waals surface area contributed by atoms with Gasteiger partial charge in [-0.25, -0.2) is 4.79 Å². The molecule has 0 aliphatic rings. The number of para-hydroxylation sites is 1. The average molecular weight is 276 g/mol. The molecule has 0 unspecified atom stereocenters. The molecule has 0 aromatic heterocycles. The number of ether oxygens (including phenoxy) is 1. The maximum Gasteiger partial charge on any atom is 0.342 e. The normalized spacial score (nSPS) is 10.3. The predicted molar refractivity (Wildman–Crippen MR) is 86.8 cm³/mol. The van der Waals surface area contributed by atoms with Crippen molar-refractivity contribution in [3.8, 4) is 5.75 Å². The molecule has 0 aliphatic carbocycles. The molecule has 0 atom stereocenters. The third-order valence-electron chi connectivity index (χ3n) is 2.88. The van der Waals surface area contributed by atoms with Gasteiger partial charge >= 0.3 is 5.97 Å². The van der Waals surface area contributed by atoms with Crippen molar-refractivity contribution < 1.29 is 9.53 Å². The van der Waals surface area contributed by atoms with E-state index >= 15 is 0 Å². The smallest absolute Gasteiger partial charge is 0.342 e. The molecule has 0 saturated carbocycles. The van der Waals surface area contributed by atoms with Gasteiger partial charge in [-0.05, 0) is 17.7 Å². The van der Waals surface area contributed by atoms with Gasteiger partial charge in [-0.15, -0.1) is 0 Å². The van der Waals surface area contributed by atoms with E-state index in [0.29, 0.717) is 5.75 Å². The lowest BCUT2D eigenvalue weighted by molar-refractivity contribution is -0.129. The van der Waals surface area contributed by atoms with Gasteiger partial charge in [-0.1, -0.05) is 73.8 Å². The van der Waals surface area contributed by atoms with Gasteiger partial charge in [0.15, 0.2) is 0 Å². The lowest BCUT2D eigenvalue weighted by Crippen LogP contribution is -2.09. The number of rotatable bonds is 5. The number of hydrogen-bond acceptors (Lipinski definition) is 2. The first-order valence-electron chi connectivity index (χ1n) is 6.56. The molecule has 2 aromatic carbocycles. The summed E-state index contributed by atoms with van der Waals surface area (Å²) in [6.07, 6.45) is 5.11. The minimum Gasteiger partial charge on any atom is -0.422 e. The van der Waals surface area contributed by atoms with Gasteiger partial charge in [-0.3, -0.25) is 0 Å². The Balaban J connectivity index is 2.05. The molecule has 0 bridgehead atoms. The maximum atomic E-state index is 12.0. The molecule has 0 N–H and O–H groups in total. The van der Waals surface area contributed by atoms with Crippen LogP contribution >= 0.6 is 0 Å². The lowest BCUT2D eigenvalue weighted by atomic mass is 10.1. The van der Waals surface area contributed by atoms with Crippen LogP contribution in [0.3, 0.4) is 0 Å². The van der Waals surface area contributed by atoms with E-state index in [9.17, 15) is 4.79 Å². The fourth-order valence-corrected chi connectivity index (χ4v) is 1.74. The van der Waals surface area contributed by atoms with Crippen LogP contribution in [0.1, 0.15) is 11.1 Å². The second-order valence-electron chi connectivity index (χ2n) is 4.40. The molecular formula is C19H16O2. The summed E-state index contributed by atoms with van der Waals surface area (Å²) in [7, 11) is 0. The summed E-state index contributed by atoms with van der Waals surface area (Å²) in [5.41, 5.74) is 2.06. The summed E-state index contributed by atoms with van der Waals surface area (Å²) in [6.45, 7) is 7.43. The third kappa shape index (κ3) is 4.05. The Kier molecular flexibility index (Phi) is 4.89. The van der Waals surface area contributed by atoms with Gasteiger partial charge in [0.1, 0.15) is 5.75 Å². The summed E-state index contributed by atoms with van der Waals surface area (Å²) >= 11 is 0. The van der Waals surface area contributed by atoms with Crippen molar-refractivity contribution in [3.63, 3.8) is 0 Å². The van der Waals surface area contributed by atoms with Gasteiger partial charge in [0.05, 0.1) is 5.57 Å². The third-order valence-corrected chi connectivity index (χ3v) is 2.88. The predicted octanol–water partition coefficient (Wildman–Crippen LogP) is 4.50. The van der Waals surface area contributed by atoms with E-state index in [1.54, 1.807) is 24.3 Å². The van der Waals surface area contributed by atoms with Crippen LogP contribution in [0.4, 0.5) is 0 Å². The molecule has 0 radical (unpaired) electrons. The zero-order valence-electron chi connectivity index (χ0n) is 11.7. The van der Waals surface area contributed by atoms with E-state index < -0.39 is 5.97 Å². The van der Waals surface area contributed by atoms with E-state index in [2.05, 4.69) is 13.2 Å². The Morgan fingerprint density at radius 2 is 1.67 bits per heavy atom. The first-order chi connectivity index (χ1) is 10.2. The Morgan fingerprint density at radius 3 is 2.38 bits per heavy atom. The summed E-state index contributed by atoms with van der Waals surface area (Å²) in [5, 5.41) is 0. The maximum absolute atomic E-state index is 12.0. The highest BCUT2D eigenvalue weighted by atomic mass is 16.5. The summed E-state index contributed by atoms with van der Waals surface area (Å²) < 4.78 is 5.33. The first-order valence-corrected chi connectivity index (χ1v) is 6.56. The molecule has 104 valence electrons. The van der Waals surface area contributed by atoms with Crippen molar-refractivity contribution in [3.05, 3.63) is 90.5 Å². The van der Waals surface area contributed by atoms with E-state index in [-0.39, 0.29) is 5.57 Å². The molecule has 21 heavy (non-hydrogen) atoms. The van der Waals surface area contributed by atoms with Crippen molar-refractivity contribution in [2.45, 2.75) is 0 Å². The monoisotopic (exact) mass is 276 g/mol. The van der Waals surface area contributed by atoms with Gasteiger partial charge in [0.25, 0.3) is 0 Å². The lowest BCUT2D eigenvalue weighted by Gasteiger charge is -2.06. The Hall–Kier alpha value is -2.87. The first kappa shape index (κ1) is 14.5. The number of benzene rings is 2. The van der Waals surface area contributed by atoms with Crippen LogP contribution in [0.15, 0.2) is 79.4 Å². The highest BCUT2D eigenvalue weighted by molar-refractivity contribution is 5.94. The van der Waals surface area contributed by atoms with Crippen molar-refractivity contribution in [1.29, 1.82) is 0 Å². The van der Waals surface area contributed by atoms with E-state index in [0.717, 1.165) is 11.1 Å². The fraction of sp³-hybridized carbons (Fsp3) is 0. The van der Waals surface area contributed by atoms with E-state index in [4.69, 9.17) is 4.74 Å². The number of carbonyl (C=O) groups excluding carboxylic acids is 1. The Labute approximate surface area is 124 Å². The molecular weight excluding hydrogens is 260 g/mol. The Bertz CT molecular complexity index is 682. The van der Waals surface area contributed by atoms with Gasteiger partial charge in [0.2, 0.25) is 0 Å². The molecule has 0 aliphatic heterocycles. The van der Waals surface area contributed by atoms with Crippen LogP contribution in [0.25, 0.3) is 12.2 Å². The van der Waals surface area contributed by atoms with Crippen molar-refractivity contribution in [2.24, 2.45) is 0 Å². The van der Waals surface area contributed by atoms with Crippen LogP contribution in [0.2, 0.25) is 0 Å². The summed E-state index contributed by atoms with van der Waals surface area (Å²) in [6, 6.07) is 16.9. The number of hydrogen-bond donors (Lipinski definition) is 0. The molecule has 0 amide bonds. The molecule has 2 aromatic rings. The van der Waals surface area contributed by atoms with Crippen LogP contribution in [-0.2, 0) is 4.79 Å². The van der Waals surface area contributed by atoms with Crippen LogP contribution < -0.4 is 4.74 Å². The highest BCUT2D eigenvalue weighted by Crippen LogP contribution is 2.20. The van der Waals surface area contributed by atoms with E-state index in [1.165, 1.54) is 0 Å². The topological polar surface area (TPSA) is 26.3 Å². The Morgan fingerprint density at radius 1 is 1.00 bits per heavy atom. The zero-order valence-corrected chi connectivity index (χ0v) is 11.7. The summed E-state index contributed by atoms with van der Waals surface area (Å²) in [5.74, 6) is 0.00300. The van der Waals surface area contributed by atoms with Crippen molar-refractivity contribution in [2.75, 3.05) is 0 Å². The van der Waals surface area contributed by atoms with Gasteiger partial charge < -0.3 is 4.74 Å². The molecule has 2 rings (SSSR count). The highest BCUT2D eigenvalue weighted by Gasteiger charge is 2.09.